The van der Waals surface area contributed by atoms with Crippen molar-refractivity contribution < 1.29 is 9.84 Å². The molecule has 0 aliphatic heterocycles. The van der Waals surface area contributed by atoms with E-state index in [2.05, 4.69) is 17.4 Å². The molecule has 0 bridgehead atoms. The lowest BCUT2D eigenvalue weighted by molar-refractivity contribution is 0.210. The van der Waals surface area contributed by atoms with Gasteiger partial charge in [-0.2, -0.15) is 0 Å². The fraction of sp³-hybridized carbons (Fsp3) is 0.600. The van der Waals surface area contributed by atoms with Crippen molar-refractivity contribution in [2.45, 2.75) is 44.2 Å². The van der Waals surface area contributed by atoms with Gasteiger partial charge in [-0.25, -0.2) is 0 Å². The van der Waals surface area contributed by atoms with Crippen LogP contribution in [0.25, 0.3) is 0 Å². The first-order chi connectivity index (χ1) is 8.83. The van der Waals surface area contributed by atoms with Gasteiger partial charge in [0.25, 0.3) is 0 Å². The van der Waals surface area contributed by atoms with Gasteiger partial charge >= 0.3 is 0 Å². The monoisotopic (exact) mass is 249 g/mol. The van der Waals surface area contributed by atoms with E-state index in [9.17, 15) is 0 Å². The fourth-order valence-corrected chi connectivity index (χ4v) is 2.58. The van der Waals surface area contributed by atoms with Gasteiger partial charge in [-0.15, -0.1) is 0 Å². The van der Waals surface area contributed by atoms with E-state index in [0.29, 0.717) is 6.10 Å². The molecular weight excluding hydrogens is 226 g/mol. The summed E-state index contributed by atoms with van der Waals surface area (Å²) in [6, 6.07) is 8.46. The molecule has 1 unspecified atom stereocenters. The number of benzene rings is 1. The molecule has 0 heterocycles. The van der Waals surface area contributed by atoms with Crippen LogP contribution in [-0.2, 0) is 0 Å². The smallest absolute Gasteiger partial charge is 0.119 e. The summed E-state index contributed by atoms with van der Waals surface area (Å²) >= 11 is 0. The Labute approximate surface area is 109 Å². The average Bonchev–Trinajstić information content (AvgIpc) is 2.90. The van der Waals surface area contributed by atoms with Crippen LogP contribution in [0.15, 0.2) is 24.3 Å². The molecule has 1 aliphatic carbocycles. The van der Waals surface area contributed by atoms with Gasteiger partial charge in [0.2, 0.25) is 0 Å². The minimum absolute atomic E-state index is 0.200. The van der Waals surface area contributed by atoms with Gasteiger partial charge in [-0.3, -0.25) is 0 Å². The van der Waals surface area contributed by atoms with E-state index in [1.165, 1.54) is 31.2 Å². The molecule has 2 rings (SSSR count). The van der Waals surface area contributed by atoms with Crippen LogP contribution in [-0.4, -0.2) is 24.9 Å². The summed E-state index contributed by atoms with van der Waals surface area (Å²) in [6.45, 7) is 0.200. The molecule has 0 spiro atoms. The summed E-state index contributed by atoms with van der Waals surface area (Å²) in [7, 11) is 1.92. The first-order valence-corrected chi connectivity index (χ1v) is 6.88. The Kier molecular flexibility index (Phi) is 5.02. The summed E-state index contributed by atoms with van der Waals surface area (Å²) in [4.78, 5) is 0. The highest BCUT2D eigenvalue weighted by Crippen LogP contribution is 2.25. The standard InChI is InChI=1S/C15H23NO2/c1-16-15(10-11-17)12-6-8-14(9-7-12)18-13-4-2-3-5-13/h6-9,13,15-17H,2-5,10-11H2,1H3. The molecule has 0 aromatic heterocycles. The van der Waals surface area contributed by atoms with Crippen LogP contribution in [0, 0.1) is 0 Å². The maximum atomic E-state index is 9.01. The minimum atomic E-state index is 0.200. The van der Waals surface area contributed by atoms with Gasteiger partial charge in [0.05, 0.1) is 6.10 Å². The number of ether oxygens (including phenoxy) is 1. The highest BCUT2D eigenvalue weighted by molar-refractivity contribution is 5.29. The molecule has 1 atom stereocenters. The molecular formula is C15H23NO2. The second-order valence-corrected chi connectivity index (χ2v) is 4.95. The van der Waals surface area contributed by atoms with Gasteiger partial charge in [0.15, 0.2) is 0 Å². The van der Waals surface area contributed by atoms with Gasteiger partial charge in [0, 0.05) is 12.6 Å². The van der Waals surface area contributed by atoms with Gasteiger partial charge in [-0.1, -0.05) is 12.1 Å². The maximum absolute atomic E-state index is 9.01. The summed E-state index contributed by atoms with van der Waals surface area (Å²) < 4.78 is 5.93. The summed E-state index contributed by atoms with van der Waals surface area (Å²) in [6.07, 6.45) is 6.10. The number of rotatable bonds is 6. The molecule has 1 fully saturated rings. The molecule has 1 aromatic rings. The second kappa shape index (κ2) is 6.76. The van der Waals surface area contributed by atoms with E-state index in [4.69, 9.17) is 9.84 Å². The van der Waals surface area contributed by atoms with Crippen molar-refractivity contribution in [3.63, 3.8) is 0 Å². The molecule has 100 valence electrons. The largest absolute Gasteiger partial charge is 0.490 e. The van der Waals surface area contributed by atoms with Crippen LogP contribution < -0.4 is 10.1 Å². The predicted octanol–water partition coefficient (Wildman–Crippen LogP) is 2.65. The molecule has 2 N–H and O–H groups in total. The van der Waals surface area contributed by atoms with Crippen molar-refractivity contribution >= 4 is 0 Å². The minimum Gasteiger partial charge on any atom is -0.490 e. The topological polar surface area (TPSA) is 41.5 Å². The van der Waals surface area contributed by atoms with Crippen LogP contribution in [0.5, 0.6) is 5.75 Å². The van der Waals surface area contributed by atoms with Crippen LogP contribution in [0.1, 0.15) is 43.7 Å². The molecule has 18 heavy (non-hydrogen) atoms. The summed E-state index contributed by atoms with van der Waals surface area (Å²) in [5.74, 6) is 0.963. The van der Waals surface area contributed by atoms with Crippen molar-refractivity contribution in [2.24, 2.45) is 0 Å². The first kappa shape index (κ1) is 13.4. The third kappa shape index (κ3) is 3.47. The number of nitrogens with one attached hydrogen (secondary N) is 1. The Bertz CT molecular complexity index is 344. The predicted molar refractivity (Wildman–Crippen MR) is 72.8 cm³/mol. The molecule has 3 heteroatoms. The van der Waals surface area contributed by atoms with Crippen LogP contribution in [0.2, 0.25) is 0 Å². The van der Waals surface area contributed by atoms with Crippen molar-refractivity contribution in [3.05, 3.63) is 29.8 Å². The van der Waals surface area contributed by atoms with E-state index in [1.807, 2.05) is 19.2 Å². The van der Waals surface area contributed by atoms with Crippen molar-refractivity contribution in [2.75, 3.05) is 13.7 Å². The number of aliphatic hydroxyl groups is 1. The lowest BCUT2D eigenvalue weighted by Gasteiger charge is -2.17. The quantitative estimate of drug-likeness (QED) is 0.814. The molecule has 1 aromatic carbocycles. The zero-order valence-corrected chi connectivity index (χ0v) is 11.1. The zero-order valence-electron chi connectivity index (χ0n) is 11.1. The van der Waals surface area contributed by atoms with Crippen LogP contribution >= 0.6 is 0 Å². The molecule has 0 radical (unpaired) electrons. The van der Waals surface area contributed by atoms with Crippen LogP contribution in [0.4, 0.5) is 0 Å². The van der Waals surface area contributed by atoms with Gasteiger partial charge in [0.1, 0.15) is 5.75 Å². The summed E-state index contributed by atoms with van der Waals surface area (Å²) in [5.41, 5.74) is 1.20. The molecule has 3 nitrogen and oxygen atoms in total. The SMILES string of the molecule is CNC(CCO)c1ccc(OC2CCCC2)cc1. The number of hydrogen-bond donors (Lipinski definition) is 2. The fourth-order valence-electron chi connectivity index (χ4n) is 2.58. The highest BCUT2D eigenvalue weighted by Gasteiger charge is 2.16. The second-order valence-electron chi connectivity index (χ2n) is 4.95. The van der Waals surface area contributed by atoms with E-state index in [1.54, 1.807) is 0 Å². The Balaban J connectivity index is 1.95. The first-order valence-electron chi connectivity index (χ1n) is 6.88. The Morgan fingerprint density at radius 1 is 1.28 bits per heavy atom. The van der Waals surface area contributed by atoms with Crippen LogP contribution in [0.3, 0.4) is 0 Å². The Morgan fingerprint density at radius 2 is 1.94 bits per heavy atom. The molecule has 0 saturated heterocycles. The number of aliphatic hydroxyl groups excluding tert-OH is 1. The molecule has 1 aliphatic rings. The van der Waals surface area contributed by atoms with E-state index >= 15 is 0 Å². The lowest BCUT2D eigenvalue weighted by atomic mass is 10.0. The van der Waals surface area contributed by atoms with Gasteiger partial charge < -0.3 is 15.2 Å². The third-order valence-corrected chi connectivity index (χ3v) is 3.65. The van der Waals surface area contributed by atoms with E-state index < -0.39 is 0 Å². The van der Waals surface area contributed by atoms with E-state index in [-0.39, 0.29) is 12.6 Å². The highest BCUT2D eigenvalue weighted by atomic mass is 16.5. The lowest BCUT2D eigenvalue weighted by Crippen LogP contribution is -2.17. The van der Waals surface area contributed by atoms with Crippen molar-refractivity contribution in [3.8, 4) is 5.75 Å². The molecule has 0 amide bonds. The Hall–Kier alpha value is -1.06. The van der Waals surface area contributed by atoms with Gasteiger partial charge in [-0.05, 0) is 56.8 Å². The Morgan fingerprint density at radius 3 is 2.50 bits per heavy atom. The third-order valence-electron chi connectivity index (χ3n) is 3.65. The average molecular weight is 249 g/mol. The van der Waals surface area contributed by atoms with Crippen molar-refractivity contribution in [1.82, 2.24) is 5.32 Å². The normalized spacial score (nSPS) is 17.9. The van der Waals surface area contributed by atoms with Crippen molar-refractivity contribution in [1.29, 1.82) is 0 Å². The maximum Gasteiger partial charge on any atom is 0.119 e. The number of hydrogen-bond acceptors (Lipinski definition) is 3. The summed E-state index contributed by atoms with van der Waals surface area (Å²) in [5, 5.41) is 12.2. The zero-order chi connectivity index (χ0) is 12.8. The van der Waals surface area contributed by atoms with E-state index in [0.717, 1.165) is 12.2 Å². The molecule has 1 saturated carbocycles.